The molecule has 1 N–H and O–H groups in total. The average Bonchev–Trinajstić information content (AvgIpc) is 2.66. The molecule has 0 spiro atoms. The first-order chi connectivity index (χ1) is 4.59. The minimum absolute atomic E-state index is 0.139. The van der Waals surface area contributed by atoms with Crippen molar-refractivity contribution in [2.75, 3.05) is 0 Å². The smallest absolute Gasteiger partial charge is 0.0710 e. The lowest BCUT2D eigenvalue weighted by atomic mass is 10.5. The fourth-order valence-corrected chi connectivity index (χ4v) is 2.55. The minimum Gasteiger partial charge on any atom is -0.249 e. The van der Waals surface area contributed by atoms with Gasteiger partial charge in [0, 0.05) is 10.2 Å². The second kappa shape index (κ2) is 2.38. The van der Waals surface area contributed by atoms with Gasteiger partial charge in [-0.1, -0.05) is 13.5 Å². The van der Waals surface area contributed by atoms with E-state index in [4.69, 9.17) is 4.78 Å². The molecule has 1 atom stereocenters. The molecule has 0 amide bonds. The summed E-state index contributed by atoms with van der Waals surface area (Å²) in [6.45, 7) is 5.54. The summed E-state index contributed by atoms with van der Waals surface area (Å²) < 4.78 is 18.9. The zero-order chi connectivity index (χ0) is 7.78. The van der Waals surface area contributed by atoms with Crippen LogP contribution in [-0.2, 0) is 9.73 Å². The Bertz CT molecular complexity index is 236. The van der Waals surface area contributed by atoms with E-state index in [0.29, 0.717) is 11.3 Å². The predicted molar refractivity (Wildman–Crippen MR) is 43.3 cm³/mol. The van der Waals surface area contributed by atoms with Crippen LogP contribution < -0.4 is 0 Å². The normalized spacial score (nSPS) is 23.7. The zero-order valence-corrected chi connectivity index (χ0v) is 7.04. The van der Waals surface area contributed by atoms with Crippen molar-refractivity contribution in [1.29, 1.82) is 4.78 Å². The van der Waals surface area contributed by atoms with Crippen molar-refractivity contribution in [3.05, 3.63) is 11.5 Å². The molecule has 0 saturated heterocycles. The summed E-state index contributed by atoms with van der Waals surface area (Å²) in [7, 11) is -2.41. The van der Waals surface area contributed by atoms with Crippen LogP contribution in [0.2, 0.25) is 0 Å². The van der Waals surface area contributed by atoms with Crippen LogP contribution in [0.15, 0.2) is 11.5 Å². The molecular weight excluding hydrogens is 146 g/mol. The second-order valence-corrected chi connectivity index (χ2v) is 5.14. The van der Waals surface area contributed by atoms with Crippen molar-refractivity contribution in [3.8, 4) is 0 Å². The molecule has 1 saturated carbocycles. The Labute approximate surface area is 62.3 Å². The van der Waals surface area contributed by atoms with Crippen LogP contribution >= 0.6 is 0 Å². The molecule has 1 unspecified atom stereocenters. The molecule has 10 heavy (non-hydrogen) atoms. The lowest BCUT2D eigenvalue weighted by molar-refractivity contribution is 0.677. The molecule has 0 aromatic carbocycles. The van der Waals surface area contributed by atoms with E-state index >= 15 is 0 Å². The zero-order valence-electron chi connectivity index (χ0n) is 6.22. The third kappa shape index (κ3) is 1.24. The molecule has 3 heteroatoms. The molecule has 2 nitrogen and oxygen atoms in total. The fourth-order valence-electron chi connectivity index (χ4n) is 0.850. The van der Waals surface area contributed by atoms with Crippen LogP contribution in [0.1, 0.15) is 26.2 Å². The molecule has 1 fully saturated rings. The number of hydrogen-bond donors (Lipinski definition) is 1. The Morgan fingerprint density at radius 3 is 2.60 bits per heavy atom. The number of hydrogen-bond acceptors (Lipinski definition) is 2. The van der Waals surface area contributed by atoms with Gasteiger partial charge in [-0.05, 0) is 19.3 Å². The third-order valence-corrected chi connectivity index (χ3v) is 4.37. The molecule has 1 aliphatic carbocycles. The highest BCUT2D eigenvalue weighted by atomic mass is 32.2. The van der Waals surface area contributed by atoms with Crippen molar-refractivity contribution in [3.63, 3.8) is 0 Å². The predicted octanol–water partition coefficient (Wildman–Crippen LogP) is 2.12. The SMILES string of the molecule is C=C(CC)S(=N)(=O)C1CC1. The molecule has 0 heterocycles. The third-order valence-electron chi connectivity index (χ3n) is 1.82. The maximum Gasteiger partial charge on any atom is 0.0710 e. The van der Waals surface area contributed by atoms with E-state index in [0.717, 1.165) is 12.8 Å². The van der Waals surface area contributed by atoms with Gasteiger partial charge in [0.2, 0.25) is 0 Å². The summed E-state index contributed by atoms with van der Waals surface area (Å²) in [5.74, 6) is 0. The Kier molecular flexibility index (Phi) is 1.86. The Morgan fingerprint density at radius 1 is 1.80 bits per heavy atom. The molecule has 0 radical (unpaired) electrons. The fraction of sp³-hybridized carbons (Fsp3) is 0.714. The minimum atomic E-state index is -2.41. The molecule has 1 aliphatic rings. The van der Waals surface area contributed by atoms with E-state index < -0.39 is 9.73 Å². The van der Waals surface area contributed by atoms with Crippen LogP contribution in [0.3, 0.4) is 0 Å². The van der Waals surface area contributed by atoms with Gasteiger partial charge >= 0.3 is 0 Å². The standard InChI is InChI=1S/C7H13NOS/c1-3-6(2)10(8,9)7-4-5-7/h7-8H,2-5H2,1H3. The topological polar surface area (TPSA) is 40.9 Å². The number of rotatable bonds is 3. The van der Waals surface area contributed by atoms with E-state index in [9.17, 15) is 4.21 Å². The lowest BCUT2D eigenvalue weighted by Crippen LogP contribution is -2.05. The van der Waals surface area contributed by atoms with E-state index in [1.807, 2.05) is 6.92 Å². The quantitative estimate of drug-likeness (QED) is 0.673. The van der Waals surface area contributed by atoms with Crippen molar-refractivity contribution in [2.45, 2.75) is 31.4 Å². The highest BCUT2D eigenvalue weighted by Gasteiger charge is 2.33. The van der Waals surface area contributed by atoms with Gasteiger partial charge in [0.25, 0.3) is 0 Å². The average molecular weight is 159 g/mol. The summed E-state index contributed by atoms with van der Waals surface area (Å²) in [6.07, 6.45) is 2.60. The number of allylic oxidation sites excluding steroid dienone is 1. The summed E-state index contributed by atoms with van der Waals surface area (Å²) in [6, 6.07) is 0. The molecule has 0 bridgehead atoms. The van der Waals surface area contributed by atoms with E-state index in [1.165, 1.54) is 0 Å². The molecule has 0 aromatic rings. The van der Waals surface area contributed by atoms with Gasteiger partial charge in [-0.15, -0.1) is 0 Å². The van der Waals surface area contributed by atoms with Crippen molar-refractivity contribution in [2.24, 2.45) is 0 Å². The molecule has 58 valence electrons. The Morgan fingerprint density at radius 2 is 2.30 bits per heavy atom. The van der Waals surface area contributed by atoms with Crippen LogP contribution in [-0.4, -0.2) is 9.46 Å². The van der Waals surface area contributed by atoms with Gasteiger partial charge in [0.05, 0.1) is 9.73 Å². The first-order valence-electron chi connectivity index (χ1n) is 3.54. The number of nitrogens with one attached hydrogen (secondary N) is 1. The van der Waals surface area contributed by atoms with Gasteiger partial charge in [-0.3, -0.25) is 0 Å². The van der Waals surface area contributed by atoms with Crippen molar-refractivity contribution >= 4 is 9.73 Å². The van der Waals surface area contributed by atoms with E-state index in [2.05, 4.69) is 6.58 Å². The van der Waals surface area contributed by atoms with Gasteiger partial charge < -0.3 is 0 Å². The van der Waals surface area contributed by atoms with E-state index in [1.54, 1.807) is 0 Å². The van der Waals surface area contributed by atoms with Gasteiger partial charge in [-0.25, -0.2) is 8.99 Å². The highest BCUT2D eigenvalue weighted by molar-refractivity contribution is 7.97. The van der Waals surface area contributed by atoms with E-state index in [-0.39, 0.29) is 5.25 Å². The first-order valence-corrected chi connectivity index (χ1v) is 5.16. The maximum absolute atomic E-state index is 11.4. The maximum atomic E-state index is 11.4. The summed E-state index contributed by atoms with van der Waals surface area (Å²) in [4.78, 5) is 0.620. The molecule has 1 rings (SSSR count). The molecule has 0 aromatic heterocycles. The molecular formula is C7H13NOS. The van der Waals surface area contributed by atoms with Crippen LogP contribution in [0, 0.1) is 4.78 Å². The highest BCUT2D eigenvalue weighted by Crippen LogP contribution is 2.33. The first kappa shape index (κ1) is 7.79. The lowest BCUT2D eigenvalue weighted by Gasteiger charge is -2.05. The Balaban J connectivity index is 2.77. The van der Waals surface area contributed by atoms with Crippen LogP contribution in [0.25, 0.3) is 0 Å². The van der Waals surface area contributed by atoms with Crippen molar-refractivity contribution < 1.29 is 4.21 Å². The van der Waals surface area contributed by atoms with Crippen LogP contribution in [0.5, 0.6) is 0 Å². The van der Waals surface area contributed by atoms with Crippen LogP contribution in [0.4, 0.5) is 0 Å². The second-order valence-electron chi connectivity index (χ2n) is 2.69. The monoisotopic (exact) mass is 159 g/mol. The largest absolute Gasteiger partial charge is 0.249 e. The Hall–Kier alpha value is -0.310. The summed E-state index contributed by atoms with van der Waals surface area (Å²) >= 11 is 0. The molecule has 0 aliphatic heterocycles. The van der Waals surface area contributed by atoms with Gasteiger partial charge in [-0.2, -0.15) is 0 Å². The summed E-state index contributed by atoms with van der Waals surface area (Å²) in [5.41, 5.74) is 0. The van der Waals surface area contributed by atoms with Crippen molar-refractivity contribution in [1.82, 2.24) is 0 Å². The van der Waals surface area contributed by atoms with Gasteiger partial charge in [0.15, 0.2) is 0 Å². The van der Waals surface area contributed by atoms with Gasteiger partial charge in [0.1, 0.15) is 0 Å². The summed E-state index contributed by atoms with van der Waals surface area (Å²) in [5, 5.41) is 0.139.